The Balaban J connectivity index is 2.33. The lowest BCUT2D eigenvalue weighted by Gasteiger charge is -2.03. The Morgan fingerprint density at radius 3 is 2.67 bits per heavy atom. The number of anilines is 1. The Bertz CT molecular complexity index is 866. The number of nitrogens with one attached hydrogen (secondary N) is 1. The van der Waals surface area contributed by atoms with E-state index in [0.29, 0.717) is 0 Å². The standard InChI is InChI=1S/C13H9NO5S2/c1-19-13(16)11-10-9(6-20-11)21(17,18)8-5-3-2-4-7(8)12(15)14-10/h2-6H,1H3,(H,14,15). The Morgan fingerprint density at radius 2 is 1.95 bits per heavy atom. The maximum absolute atomic E-state index is 12.6. The number of hydrogen-bond acceptors (Lipinski definition) is 6. The van der Waals surface area contributed by atoms with Gasteiger partial charge in [-0.1, -0.05) is 12.1 Å². The smallest absolute Gasteiger partial charge is 0.350 e. The molecular weight excluding hydrogens is 314 g/mol. The van der Waals surface area contributed by atoms with E-state index >= 15 is 0 Å². The number of rotatable bonds is 1. The molecule has 3 rings (SSSR count). The second-order valence-corrected chi connectivity index (χ2v) is 7.02. The van der Waals surface area contributed by atoms with Gasteiger partial charge in [-0.05, 0) is 12.1 Å². The van der Waals surface area contributed by atoms with Crippen LogP contribution in [0.3, 0.4) is 0 Å². The lowest BCUT2D eigenvalue weighted by molar-refractivity contribution is 0.0607. The van der Waals surface area contributed by atoms with Crippen molar-refractivity contribution in [2.75, 3.05) is 12.4 Å². The first-order valence-corrected chi connectivity index (χ1v) is 8.18. The van der Waals surface area contributed by atoms with Crippen molar-refractivity contribution in [3.63, 3.8) is 0 Å². The summed E-state index contributed by atoms with van der Waals surface area (Å²) >= 11 is 0.918. The third-order valence-corrected chi connectivity index (χ3v) is 6.02. The van der Waals surface area contributed by atoms with E-state index in [4.69, 9.17) is 0 Å². The molecule has 1 N–H and O–H groups in total. The van der Waals surface area contributed by atoms with Gasteiger partial charge in [0.15, 0.2) is 0 Å². The maximum atomic E-state index is 12.6. The van der Waals surface area contributed by atoms with Crippen LogP contribution in [0.5, 0.6) is 0 Å². The molecule has 0 saturated heterocycles. The van der Waals surface area contributed by atoms with Gasteiger partial charge in [-0.25, -0.2) is 13.2 Å². The molecule has 1 aliphatic rings. The van der Waals surface area contributed by atoms with Crippen LogP contribution in [0.4, 0.5) is 5.69 Å². The Labute approximate surface area is 124 Å². The van der Waals surface area contributed by atoms with Gasteiger partial charge < -0.3 is 10.1 Å². The number of hydrogen-bond donors (Lipinski definition) is 1. The van der Waals surface area contributed by atoms with Gasteiger partial charge >= 0.3 is 5.97 Å². The molecule has 108 valence electrons. The molecule has 6 nitrogen and oxygen atoms in total. The monoisotopic (exact) mass is 323 g/mol. The van der Waals surface area contributed by atoms with Crippen LogP contribution in [0.15, 0.2) is 39.4 Å². The summed E-state index contributed by atoms with van der Waals surface area (Å²) < 4.78 is 29.9. The van der Waals surface area contributed by atoms with Crippen LogP contribution in [0, 0.1) is 0 Å². The molecule has 21 heavy (non-hydrogen) atoms. The van der Waals surface area contributed by atoms with Crippen LogP contribution in [-0.4, -0.2) is 27.4 Å². The highest BCUT2D eigenvalue weighted by Gasteiger charge is 2.35. The quantitative estimate of drug-likeness (QED) is 0.810. The molecule has 8 heteroatoms. The summed E-state index contributed by atoms with van der Waals surface area (Å²) in [7, 11) is -2.68. The van der Waals surface area contributed by atoms with E-state index in [1.807, 2.05) is 0 Å². The summed E-state index contributed by atoms with van der Waals surface area (Å²) in [5.41, 5.74) is 0.0302. The molecular formula is C13H9NO5S2. The number of methoxy groups -OCH3 is 1. The molecule has 1 aromatic heterocycles. The molecule has 1 amide bonds. The van der Waals surface area contributed by atoms with Crippen molar-refractivity contribution in [3.05, 3.63) is 40.1 Å². The first kappa shape index (κ1) is 13.8. The molecule has 0 radical (unpaired) electrons. The highest BCUT2D eigenvalue weighted by Crippen LogP contribution is 2.39. The van der Waals surface area contributed by atoms with Crippen LogP contribution in [0.1, 0.15) is 20.0 Å². The zero-order valence-electron chi connectivity index (χ0n) is 10.7. The summed E-state index contributed by atoms with van der Waals surface area (Å²) in [6.45, 7) is 0. The third-order valence-electron chi connectivity index (χ3n) is 3.08. The van der Waals surface area contributed by atoms with Gasteiger partial charge in [-0.2, -0.15) is 0 Å². The number of carbonyl (C=O) groups excluding carboxylic acids is 2. The number of ether oxygens (including phenoxy) is 1. The van der Waals surface area contributed by atoms with Crippen molar-refractivity contribution in [1.82, 2.24) is 0 Å². The third kappa shape index (κ3) is 1.95. The van der Waals surface area contributed by atoms with Crippen LogP contribution in [0.2, 0.25) is 0 Å². The van der Waals surface area contributed by atoms with Crippen molar-refractivity contribution in [2.24, 2.45) is 0 Å². The van der Waals surface area contributed by atoms with E-state index < -0.39 is 21.7 Å². The number of fused-ring (bicyclic) bond motifs is 2. The van der Waals surface area contributed by atoms with Crippen molar-refractivity contribution in [2.45, 2.75) is 9.79 Å². The topological polar surface area (TPSA) is 89.5 Å². The minimum atomic E-state index is -3.87. The van der Waals surface area contributed by atoms with E-state index in [1.165, 1.54) is 24.6 Å². The van der Waals surface area contributed by atoms with Crippen molar-refractivity contribution >= 4 is 38.7 Å². The fourth-order valence-electron chi connectivity index (χ4n) is 2.09. The van der Waals surface area contributed by atoms with E-state index in [9.17, 15) is 18.0 Å². The fraction of sp³-hybridized carbons (Fsp3) is 0.0769. The number of esters is 1. The van der Waals surface area contributed by atoms with Crippen molar-refractivity contribution < 1.29 is 22.7 Å². The molecule has 0 spiro atoms. The molecule has 0 saturated carbocycles. The summed E-state index contributed by atoms with van der Waals surface area (Å²) in [4.78, 5) is 23.8. The average Bonchev–Trinajstić information content (AvgIpc) is 2.87. The lowest BCUT2D eigenvalue weighted by atomic mass is 10.2. The summed E-state index contributed by atoms with van der Waals surface area (Å²) in [6.07, 6.45) is 0. The fourth-order valence-corrected chi connectivity index (χ4v) is 4.97. The summed E-state index contributed by atoms with van der Waals surface area (Å²) in [5.74, 6) is -1.26. The molecule has 2 aromatic rings. The van der Waals surface area contributed by atoms with E-state index in [-0.39, 0.29) is 25.9 Å². The predicted molar refractivity (Wildman–Crippen MR) is 75.5 cm³/mol. The molecule has 2 heterocycles. The number of carbonyl (C=O) groups is 2. The van der Waals surface area contributed by atoms with Gasteiger partial charge in [0, 0.05) is 5.38 Å². The summed E-state index contributed by atoms with van der Waals surface area (Å²) in [5, 5.41) is 3.82. The number of benzene rings is 1. The molecule has 0 fully saturated rings. The number of sulfone groups is 1. The van der Waals surface area contributed by atoms with Crippen LogP contribution in [0.25, 0.3) is 0 Å². The number of thiophene rings is 1. The van der Waals surface area contributed by atoms with E-state index in [2.05, 4.69) is 10.1 Å². The van der Waals surface area contributed by atoms with Gasteiger partial charge in [0.1, 0.15) is 9.77 Å². The first-order chi connectivity index (χ1) is 9.96. The van der Waals surface area contributed by atoms with E-state index in [1.54, 1.807) is 12.1 Å². The largest absolute Gasteiger partial charge is 0.465 e. The first-order valence-electron chi connectivity index (χ1n) is 5.82. The van der Waals surface area contributed by atoms with Crippen LogP contribution >= 0.6 is 11.3 Å². The second kappa shape index (κ2) is 4.68. The molecule has 0 unspecified atom stereocenters. The second-order valence-electron chi connectivity index (χ2n) is 4.25. The minimum Gasteiger partial charge on any atom is -0.465 e. The molecule has 0 bridgehead atoms. The molecule has 0 aliphatic carbocycles. The zero-order valence-corrected chi connectivity index (χ0v) is 12.4. The van der Waals surface area contributed by atoms with Gasteiger partial charge in [0.2, 0.25) is 9.84 Å². The van der Waals surface area contributed by atoms with Crippen molar-refractivity contribution in [1.29, 1.82) is 0 Å². The van der Waals surface area contributed by atoms with E-state index in [0.717, 1.165) is 11.3 Å². The average molecular weight is 323 g/mol. The lowest BCUT2D eigenvalue weighted by Crippen LogP contribution is -2.13. The molecule has 1 aromatic carbocycles. The minimum absolute atomic E-state index is 0.0203. The normalized spacial score (nSPS) is 15.4. The predicted octanol–water partition coefficient (Wildman–Crippen LogP) is 1.93. The van der Waals surface area contributed by atoms with Gasteiger partial charge in [0.25, 0.3) is 5.91 Å². The Morgan fingerprint density at radius 1 is 1.24 bits per heavy atom. The highest BCUT2D eigenvalue weighted by atomic mass is 32.2. The van der Waals surface area contributed by atoms with Crippen molar-refractivity contribution in [3.8, 4) is 0 Å². The van der Waals surface area contributed by atoms with Crippen LogP contribution < -0.4 is 5.32 Å². The highest BCUT2D eigenvalue weighted by molar-refractivity contribution is 7.92. The maximum Gasteiger partial charge on any atom is 0.350 e. The number of amides is 1. The van der Waals surface area contributed by atoms with Gasteiger partial charge in [0.05, 0.1) is 23.3 Å². The Hall–Kier alpha value is -2.19. The SMILES string of the molecule is COC(=O)c1scc2c1NC(=O)c1ccccc1S2(=O)=O. The Kier molecular flexibility index (Phi) is 3.07. The zero-order chi connectivity index (χ0) is 15.2. The van der Waals surface area contributed by atoms with Gasteiger partial charge in [-0.3, -0.25) is 4.79 Å². The van der Waals surface area contributed by atoms with Crippen LogP contribution in [-0.2, 0) is 14.6 Å². The van der Waals surface area contributed by atoms with Gasteiger partial charge in [-0.15, -0.1) is 11.3 Å². The molecule has 1 aliphatic heterocycles. The molecule has 0 atom stereocenters. The summed E-state index contributed by atoms with van der Waals surface area (Å²) in [6, 6.07) is 5.92.